The van der Waals surface area contributed by atoms with Crippen LogP contribution in [-0.2, 0) is 4.74 Å². The molecule has 0 amide bonds. The zero-order valence-corrected chi connectivity index (χ0v) is 7.25. The lowest BCUT2D eigenvalue weighted by molar-refractivity contribution is -0.00615. The zero-order chi connectivity index (χ0) is 8.10. The van der Waals surface area contributed by atoms with E-state index in [1.54, 1.807) is 0 Å². The molecular formula is C9H18O2. The lowest BCUT2D eigenvalue weighted by atomic mass is 10.1. The molecule has 1 N–H and O–H groups in total. The van der Waals surface area contributed by atoms with Crippen LogP contribution in [0, 0.1) is 0 Å². The SMILES string of the molecule is CCCC[C@@H](O)[C@@H]1CCCO1. The van der Waals surface area contributed by atoms with Crippen LogP contribution in [0.2, 0.25) is 0 Å². The van der Waals surface area contributed by atoms with Crippen LogP contribution in [-0.4, -0.2) is 23.9 Å². The summed E-state index contributed by atoms with van der Waals surface area (Å²) >= 11 is 0. The number of ether oxygens (including phenoxy) is 1. The van der Waals surface area contributed by atoms with E-state index in [0.717, 1.165) is 38.7 Å². The molecule has 2 heteroatoms. The first kappa shape index (κ1) is 9.01. The van der Waals surface area contributed by atoms with Crippen LogP contribution in [0.4, 0.5) is 0 Å². The molecule has 1 aliphatic rings. The van der Waals surface area contributed by atoms with Gasteiger partial charge in [-0.1, -0.05) is 19.8 Å². The summed E-state index contributed by atoms with van der Waals surface area (Å²) < 4.78 is 5.36. The first-order chi connectivity index (χ1) is 5.34. The number of hydrogen-bond donors (Lipinski definition) is 1. The molecule has 1 saturated heterocycles. The molecule has 11 heavy (non-hydrogen) atoms. The van der Waals surface area contributed by atoms with Gasteiger partial charge in [0.2, 0.25) is 0 Å². The average Bonchev–Trinajstić information content (AvgIpc) is 2.52. The molecule has 1 fully saturated rings. The van der Waals surface area contributed by atoms with E-state index in [2.05, 4.69) is 6.92 Å². The maximum Gasteiger partial charge on any atom is 0.0834 e. The molecule has 66 valence electrons. The molecule has 0 aromatic carbocycles. The summed E-state index contributed by atoms with van der Waals surface area (Å²) in [4.78, 5) is 0. The van der Waals surface area contributed by atoms with E-state index in [4.69, 9.17) is 4.74 Å². The average molecular weight is 158 g/mol. The fraction of sp³-hybridized carbons (Fsp3) is 1.00. The zero-order valence-electron chi connectivity index (χ0n) is 7.25. The van der Waals surface area contributed by atoms with E-state index in [1.165, 1.54) is 0 Å². The van der Waals surface area contributed by atoms with Crippen molar-refractivity contribution in [3.05, 3.63) is 0 Å². The topological polar surface area (TPSA) is 29.5 Å². The van der Waals surface area contributed by atoms with Crippen LogP contribution in [0.15, 0.2) is 0 Å². The molecule has 1 heterocycles. The highest BCUT2D eigenvalue weighted by Crippen LogP contribution is 2.18. The smallest absolute Gasteiger partial charge is 0.0834 e. The van der Waals surface area contributed by atoms with Gasteiger partial charge in [-0.15, -0.1) is 0 Å². The molecule has 0 radical (unpaired) electrons. The summed E-state index contributed by atoms with van der Waals surface area (Å²) in [5, 5.41) is 9.56. The van der Waals surface area contributed by atoms with Gasteiger partial charge < -0.3 is 9.84 Å². The predicted octanol–water partition coefficient (Wildman–Crippen LogP) is 1.72. The van der Waals surface area contributed by atoms with Crippen molar-refractivity contribution in [1.29, 1.82) is 0 Å². The molecular weight excluding hydrogens is 140 g/mol. The Morgan fingerprint density at radius 3 is 3.00 bits per heavy atom. The van der Waals surface area contributed by atoms with E-state index >= 15 is 0 Å². The Kier molecular flexibility index (Phi) is 3.87. The van der Waals surface area contributed by atoms with Crippen molar-refractivity contribution in [2.45, 2.75) is 51.2 Å². The van der Waals surface area contributed by atoms with Crippen molar-refractivity contribution in [1.82, 2.24) is 0 Å². The Labute approximate surface area is 68.6 Å². The van der Waals surface area contributed by atoms with Crippen LogP contribution in [0.1, 0.15) is 39.0 Å². The fourth-order valence-corrected chi connectivity index (χ4v) is 1.51. The van der Waals surface area contributed by atoms with Gasteiger partial charge in [0, 0.05) is 6.61 Å². The lowest BCUT2D eigenvalue weighted by Gasteiger charge is -2.16. The van der Waals surface area contributed by atoms with Gasteiger partial charge in [0.05, 0.1) is 12.2 Å². The second-order valence-electron chi connectivity index (χ2n) is 3.26. The van der Waals surface area contributed by atoms with E-state index < -0.39 is 0 Å². The lowest BCUT2D eigenvalue weighted by Crippen LogP contribution is -2.24. The fourth-order valence-electron chi connectivity index (χ4n) is 1.51. The van der Waals surface area contributed by atoms with Gasteiger partial charge in [-0.2, -0.15) is 0 Å². The van der Waals surface area contributed by atoms with E-state index in [1.807, 2.05) is 0 Å². The summed E-state index contributed by atoms with van der Waals surface area (Å²) in [5.41, 5.74) is 0. The molecule has 0 aromatic rings. The van der Waals surface area contributed by atoms with E-state index in [9.17, 15) is 5.11 Å². The van der Waals surface area contributed by atoms with Crippen LogP contribution in [0.25, 0.3) is 0 Å². The minimum Gasteiger partial charge on any atom is -0.390 e. The van der Waals surface area contributed by atoms with Crippen molar-refractivity contribution in [3.63, 3.8) is 0 Å². The van der Waals surface area contributed by atoms with Crippen molar-refractivity contribution < 1.29 is 9.84 Å². The van der Waals surface area contributed by atoms with Gasteiger partial charge in [-0.05, 0) is 19.3 Å². The maximum atomic E-state index is 9.56. The molecule has 0 spiro atoms. The van der Waals surface area contributed by atoms with Crippen LogP contribution in [0.3, 0.4) is 0 Å². The van der Waals surface area contributed by atoms with Crippen molar-refractivity contribution in [2.75, 3.05) is 6.61 Å². The summed E-state index contributed by atoms with van der Waals surface area (Å²) in [6.07, 6.45) is 5.27. The highest BCUT2D eigenvalue weighted by atomic mass is 16.5. The van der Waals surface area contributed by atoms with Gasteiger partial charge in [0.1, 0.15) is 0 Å². The van der Waals surface area contributed by atoms with Crippen molar-refractivity contribution >= 4 is 0 Å². The van der Waals surface area contributed by atoms with Gasteiger partial charge in [0.25, 0.3) is 0 Å². The highest BCUT2D eigenvalue weighted by molar-refractivity contribution is 4.73. The maximum absolute atomic E-state index is 9.56. The normalized spacial score (nSPS) is 27.3. The Balaban J connectivity index is 2.12. The molecule has 0 saturated carbocycles. The summed E-state index contributed by atoms with van der Waals surface area (Å²) in [7, 11) is 0. The third kappa shape index (κ3) is 2.80. The van der Waals surface area contributed by atoms with Crippen molar-refractivity contribution in [3.8, 4) is 0 Å². The van der Waals surface area contributed by atoms with E-state index in [0.29, 0.717) is 0 Å². The summed E-state index contributed by atoms with van der Waals surface area (Å²) in [6, 6.07) is 0. The van der Waals surface area contributed by atoms with Gasteiger partial charge in [-0.25, -0.2) is 0 Å². The minimum atomic E-state index is -0.211. The third-order valence-corrected chi connectivity index (χ3v) is 2.25. The van der Waals surface area contributed by atoms with Crippen LogP contribution < -0.4 is 0 Å². The van der Waals surface area contributed by atoms with Gasteiger partial charge >= 0.3 is 0 Å². The molecule has 2 atom stereocenters. The monoisotopic (exact) mass is 158 g/mol. The first-order valence-corrected chi connectivity index (χ1v) is 4.64. The first-order valence-electron chi connectivity index (χ1n) is 4.64. The number of unbranched alkanes of at least 4 members (excludes halogenated alkanes) is 1. The molecule has 0 aromatic heterocycles. The number of hydrogen-bond acceptors (Lipinski definition) is 2. The second-order valence-corrected chi connectivity index (χ2v) is 3.26. The van der Waals surface area contributed by atoms with Crippen molar-refractivity contribution in [2.24, 2.45) is 0 Å². The largest absolute Gasteiger partial charge is 0.390 e. The Hall–Kier alpha value is -0.0800. The number of aliphatic hydroxyl groups is 1. The second kappa shape index (κ2) is 4.73. The predicted molar refractivity (Wildman–Crippen MR) is 44.5 cm³/mol. The molecule has 0 bridgehead atoms. The molecule has 0 aliphatic carbocycles. The van der Waals surface area contributed by atoms with E-state index in [-0.39, 0.29) is 12.2 Å². The standard InChI is InChI=1S/C9H18O2/c1-2-3-5-8(10)9-6-4-7-11-9/h8-10H,2-7H2,1H3/t8-,9+/m1/s1. The quantitative estimate of drug-likeness (QED) is 0.675. The molecule has 0 unspecified atom stereocenters. The number of aliphatic hydroxyl groups excluding tert-OH is 1. The Morgan fingerprint density at radius 2 is 2.45 bits per heavy atom. The molecule has 2 nitrogen and oxygen atoms in total. The summed E-state index contributed by atoms with van der Waals surface area (Å²) in [6.45, 7) is 2.98. The third-order valence-electron chi connectivity index (χ3n) is 2.25. The summed E-state index contributed by atoms with van der Waals surface area (Å²) in [5.74, 6) is 0. The van der Waals surface area contributed by atoms with Crippen LogP contribution >= 0.6 is 0 Å². The molecule has 1 aliphatic heterocycles. The Morgan fingerprint density at radius 1 is 1.64 bits per heavy atom. The number of rotatable bonds is 4. The Bertz CT molecular complexity index is 97.7. The highest BCUT2D eigenvalue weighted by Gasteiger charge is 2.22. The molecule has 1 rings (SSSR count). The van der Waals surface area contributed by atoms with Gasteiger partial charge in [0.15, 0.2) is 0 Å². The van der Waals surface area contributed by atoms with Crippen LogP contribution in [0.5, 0.6) is 0 Å². The van der Waals surface area contributed by atoms with Gasteiger partial charge in [-0.3, -0.25) is 0 Å². The minimum absolute atomic E-state index is 0.140.